The zero-order valence-corrected chi connectivity index (χ0v) is 58.6. The Labute approximate surface area is 565 Å². The quantitative estimate of drug-likeness (QED) is 0.0279. The lowest BCUT2D eigenvalue weighted by Crippen LogP contribution is -2.27. The predicted molar refractivity (Wildman–Crippen MR) is 402 cm³/mol. The highest BCUT2D eigenvalue weighted by atomic mass is 79.9. The zero-order chi connectivity index (χ0) is 63.5. The van der Waals surface area contributed by atoms with Crippen LogP contribution in [0.5, 0.6) is 0 Å². The van der Waals surface area contributed by atoms with E-state index in [1.165, 1.54) is 258 Å². The van der Waals surface area contributed by atoms with E-state index in [9.17, 15) is 0 Å². The third-order valence-electron chi connectivity index (χ3n) is 21.7. The summed E-state index contributed by atoms with van der Waals surface area (Å²) in [5.41, 5.74) is 25.3. The van der Waals surface area contributed by atoms with Crippen molar-refractivity contribution < 1.29 is 0 Å². The highest BCUT2D eigenvalue weighted by Gasteiger charge is 2.48. The highest BCUT2D eigenvalue weighted by molar-refractivity contribution is 9.10. The van der Waals surface area contributed by atoms with E-state index in [4.69, 9.17) is 0 Å². The van der Waals surface area contributed by atoms with E-state index in [1.807, 2.05) is 0 Å². The van der Waals surface area contributed by atoms with E-state index in [0.29, 0.717) is 5.92 Å². The molecule has 8 aromatic rings. The van der Waals surface area contributed by atoms with Crippen LogP contribution in [-0.2, 0) is 10.8 Å². The second-order valence-corrected chi connectivity index (χ2v) is 29.0. The number of hydrogen-bond donors (Lipinski definition) is 0. The minimum absolute atomic E-state index is 0.0840. The number of halogens is 1. The van der Waals surface area contributed by atoms with Gasteiger partial charge in [-0.3, -0.25) is 0 Å². The number of rotatable bonds is 36. The van der Waals surface area contributed by atoms with Crippen molar-refractivity contribution in [1.29, 1.82) is 0 Å². The van der Waals surface area contributed by atoms with Gasteiger partial charge < -0.3 is 4.90 Å². The first-order chi connectivity index (χ1) is 45.3. The molecule has 0 bridgehead atoms. The van der Waals surface area contributed by atoms with Crippen molar-refractivity contribution in [2.45, 2.75) is 243 Å². The molecule has 2 atom stereocenters. The Morgan fingerprint density at radius 2 is 0.804 bits per heavy atom. The Balaban J connectivity index is 1.09. The molecule has 3 aliphatic carbocycles. The summed E-state index contributed by atoms with van der Waals surface area (Å²) < 4.78 is 1.12. The van der Waals surface area contributed by atoms with Gasteiger partial charge in [-0.25, -0.2) is 0 Å². The predicted octanol–water partition coefficient (Wildman–Crippen LogP) is 27.9. The first kappa shape index (κ1) is 67.0. The van der Waals surface area contributed by atoms with Crippen LogP contribution < -0.4 is 4.90 Å². The molecule has 2 unspecified atom stereocenters. The maximum atomic E-state index is 3.83. The molecular formula is C90H108BrN. The second kappa shape index (κ2) is 33.1. The fourth-order valence-electron chi connectivity index (χ4n) is 16.6. The number of allylic oxidation sites excluding steroid dienone is 3. The molecule has 480 valence electrons. The summed E-state index contributed by atoms with van der Waals surface area (Å²) in [6.45, 7) is 11.7. The van der Waals surface area contributed by atoms with Gasteiger partial charge in [-0.1, -0.05) is 349 Å². The van der Waals surface area contributed by atoms with E-state index in [0.717, 1.165) is 10.9 Å². The standard InChI is InChI=1S/C90H108BrN/c1-6-10-14-18-22-32-60-89(61-33-23-19-15-11-7-2)84-64-75(88(74-46-51-76(91)52-47-74)73-44-42-71(43-45-73)69-36-28-26-29-37-69)50-58-80(84)82-66-87-83(67-86(82)89)81-59-57-79(65-85(81)90(87,62-34-24-20-16-12-8-3)63-35-25-21-17-13-9-4)92(77-53-40-68(5)41-54-77)78-55-48-72(49-56-78)70-38-30-27-31-39-70/h26-31,36-48,50-59,64-67,72,88H,6-25,32-35,49,60-63H2,1-5H3. The van der Waals surface area contributed by atoms with E-state index in [1.54, 1.807) is 22.3 Å². The van der Waals surface area contributed by atoms with Crippen molar-refractivity contribution in [1.82, 2.24) is 0 Å². The van der Waals surface area contributed by atoms with Gasteiger partial charge in [0.2, 0.25) is 0 Å². The number of benzene rings is 8. The summed E-state index contributed by atoms with van der Waals surface area (Å²) in [4.78, 5) is 2.60. The molecule has 1 nitrogen and oxygen atoms in total. The molecule has 0 aliphatic heterocycles. The Bertz CT molecular complexity index is 3610. The van der Waals surface area contributed by atoms with Gasteiger partial charge in [0.1, 0.15) is 0 Å². The van der Waals surface area contributed by atoms with Crippen LogP contribution in [0.15, 0.2) is 210 Å². The van der Waals surface area contributed by atoms with Gasteiger partial charge in [0.15, 0.2) is 0 Å². The van der Waals surface area contributed by atoms with Crippen molar-refractivity contribution >= 4 is 27.3 Å². The average molecular weight is 1280 g/mol. The lowest BCUT2D eigenvalue weighted by Gasteiger charge is -2.35. The average Bonchev–Trinajstić information content (AvgIpc) is 1.53. The summed E-state index contributed by atoms with van der Waals surface area (Å²) in [5, 5.41) is 0. The Kier molecular flexibility index (Phi) is 24.1. The number of nitrogens with zero attached hydrogens (tertiary/aromatic N) is 1. The van der Waals surface area contributed by atoms with Crippen LogP contribution in [0.2, 0.25) is 0 Å². The second-order valence-electron chi connectivity index (χ2n) is 28.1. The number of unbranched alkanes of at least 4 members (excludes halogenated alkanes) is 20. The van der Waals surface area contributed by atoms with Crippen molar-refractivity contribution in [3.8, 4) is 33.4 Å². The minimum atomic E-state index is -0.109. The van der Waals surface area contributed by atoms with Crippen LogP contribution in [0.3, 0.4) is 0 Å². The van der Waals surface area contributed by atoms with Gasteiger partial charge in [-0.05, 0) is 172 Å². The number of anilines is 2. The van der Waals surface area contributed by atoms with Crippen LogP contribution in [0.1, 0.15) is 276 Å². The molecule has 0 amide bonds. The van der Waals surface area contributed by atoms with Crippen molar-refractivity contribution in [2.75, 3.05) is 4.90 Å². The molecule has 8 aromatic carbocycles. The molecule has 11 rings (SSSR count). The normalized spacial score (nSPS) is 15.2. The highest BCUT2D eigenvalue weighted by Crippen LogP contribution is 2.62. The first-order valence-electron chi connectivity index (χ1n) is 37.0. The fraction of sp³-hybridized carbons (Fsp3) is 0.422. The van der Waals surface area contributed by atoms with E-state index in [-0.39, 0.29) is 16.7 Å². The van der Waals surface area contributed by atoms with Gasteiger partial charge in [0.25, 0.3) is 0 Å². The molecule has 0 saturated heterocycles. The summed E-state index contributed by atoms with van der Waals surface area (Å²) >= 11 is 3.83. The molecule has 0 saturated carbocycles. The molecule has 92 heavy (non-hydrogen) atoms. The molecule has 2 heteroatoms. The summed E-state index contributed by atoms with van der Waals surface area (Å²) in [5.74, 6) is 0.454. The van der Waals surface area contributed by atoms with Gasteiger partial charge in [0.05, 0.1) is 0 Å². The Hall–Kier alpha value is -6.48. The lowest BCUT2D eigenvalue weighted by molar-refractivity contribution is 0.394. The summed E-state index contributed by atoms with van der Waals surface area (Å²) in [7, 11) is 0. The smallest absolute Gasteiger partial charge is 0.0464 e. The van der Waals surface area contributed by atoms with Crippen molar-refractivity contribution in [3.63, 3.8) is 0 Å². The van der Waals surface area contributed by atoms with Crippen LogP contribution >= 0.6 is 15.9 Å². The topological polar surface area (TPSA) is 3.24 Å². The van der Waals surface area contributed by atoms with Gasteiger partial charge >= 0.3 is 0 Å². The van der Waals surface area contributed by atoms with Gasteiger partial charge in [-0.15, -0.1) is 0 Å². The monoisotopic (exact) mass is 1280 g/mol. The minimum Gasteiger partial charge on any atom is -0.311 e. The molecule has 0 heterocycles. The molecule has 0 radical (unpaired) electrons. The Morgan fingerprint density at radius 3 is 1.29 bits per heavy atom. The molecule has 0 spiro atoms. The van der Waals surface area contributed by atoms with E-state index < -0.39 is 0 Å². The molecule has 0 fully saturated rings. The van der Waals surface area contributed by atoms with Crippen LogP contribution in [0, 0.1) is 6.92 Å². The van der Waals surface area contributed by atoms with Gasteiger partial charge in [-0.2, -0.15) is 0 Å². The maximum absolute atomic E-state index is 3.83. The van der Waals surface area contributed by atoms with E-state index >= 15 is 0 Å². The molecular weight excluding hydrogens is 1170 g/mol. The molecule has 0 aromatic heterocycles. The number of hydrogen-bond acceptors (Lipinski definition) is 1. The molecule has 0 N–H and O–H groups in total. The SMILES string of the molecule is CCCCCCCCC1(CCCCCCCC)c2cc(C(c3ccc(Br)cc3)c3ccc(-c4ccccc4)cc3)ccc2-c2cc3c(cc21)-c1ccc(N(C2=CCC(c4ccccc4)C=C2)c2ccc(C)cc2)cc1C3(CCCCCCCC)CCCCCCCC. The Morgan fingerprint density at radius 1 is 0.391 bits per heavy atom. The zero-order valence-electron chi connectivity index (χ0n) is 57.0. The van der Waals surface area contributed by atoms with Crippen LogP contribution in [0.4, 0.5) is 11.4 Å². The summed E-state index contributed by atoms with van der Waals surface area (Å²) in [6, 6.07) is 71.7. The van der Waals surface area contributed by atoms with Crippen molar-refractivity contribution in [3.05, 3.63) is 260 Å². The van der Waals surface area contributed by atoms with E-state index in [2.05, 4.69) is 256 Å². The van der Waals surface area contributed by atoms with Gasteiger partial charge in [0, 0.05) is 44.2 Å². The molecule has 3 aliphatic rings. The van der Waals surface area contributed by atoms with Crippen molar-refractivity contribution in [2.24, 2.45) is 0 Å². The maximum Gasteiger partial charge on any atom is 0.0464 e. The third-order valence-corrected chi connectivity index (χ3v) is 22.2. The lowest BCUT2D eigenvalue weighted by atomic mass is 9.68. The number of fused-ring (bicyclic) bond motifs is 6. The first-order valence-corrected chi connectivity index (χ1v) is 37.8. The van der Waals surface area contributed by atoms with Crippen LogP contribution in [0.25, 0.3) is 33.4 Å². The summed E-state index contributed by atoms with van der Waals surface area (Å²) in [6.07, 6.45) is 44.4. The van der Waals surface area contributed by atoms with Crippen LogP contribution in [-0.4, -0.2) is 0 Å². The fourth-order valence-corrected chi connectivity index (χ4v) is 16.8. The largest absolute Gasteiger partial charge is 0.311 e. The number of aryl methyl sites for hydroxylation is 1. The third kappa shape index (κ3) is 15.5.